The van der Waals surface area contributed by atoms with Crippen LogP contribution in [0.15, 0.2) is 0 Å². The van der Waals surface area contributed by atoms with Crippen LogP contribution in [0.5, 0.6) is 0 Å². The van der Waals surface area contributed by atoms with Crippen molar-refractivity contribution in [1.82, 2.24) is 0 Å². The van der Waals surface area contributed by atoms with Gasteiger partial charge in [0.2, 0.25) is 0 Å². The van der Waals surface area contributed by atoms with Crippen molar-refractivity contribution in [3.05, 3.63) is 0 Å². The SMILES string of the molecule is O=[C]OCCCCCCCCCCCCCCCCCBr. The molecule has 0 unspecified atom stereocenters. The number of carbonyl (C=O) groups excluding carboxylic acids is 1. The van der Waals surface area contributed by atoms with Gasteiger partial charge in [-0.2, -0.15) is 0 Å². The molecular formula is C18H34BrO2. The van der Waals surface area contributed by atoms with E-state index < -0.39 is 0 Å². The predicted octanol–water partition coefficient (Wildman–Crippen LogP) is 6.32. The molecule has 0 N–H and O–H groups in total. The van der Waals surface area contributed by atoms with E-state index in [4.69, 9.17) is 0 Å². The molecule has 2 nitrogen and oxygen atoms in total. The summed E-state index contributed by atoms with van der Waals surface area (Å²) in [5.74, 6) is 0. The number of unbranched alkanes of at least 4 members (excludes halogenated alkanes) is 14. The molecule has 0 aliphatic rings. The molecule has 125 valence electrons. The van der Waals surface area contributed by atoms with Gasteiger partial charge < -0.3 is 4.74 Å². The van der Waals surface area contributed by atoms with Crippen LogP contribution in [-0.4, -0.2) is 18.4 Å². The van der Waals surface area contributed by atoms with Crippen molar-refractivity contribution in [2.24, 2.45) is 0 Å². The van der Waals surface area contributed by atoms with Crippen LogP contribution < -0.4 is 0 Å². The van der Waals surface area contributed by atoms with Crippen LogP contribution in [0, 0.1) is 0 Å². The highest BCUT2D eigenvalue weighted by Gasteiger charge is 1.94. The fourth-order valence-corrected chi connectivity index (χ4v) is 3.00. The fourth-order valence-electron chi connectivity index (χ4n) is 2.61. The minimum absolute atomic E-state index is 0.541. The highest BCUT2D eigenvalue weighted by atomic mass is 79.9. The van der Waals surface area contributed by atoms with Gasteiger partial charge in [-0.25, -0.2) is 4.79 Å². The standard InChI is InChI=1S/C18H34BrO2/c19-16-14-12-10-8-6-4-2-1-3-5-7-9-11-13-15-17-21-18-20/h1-17H2. The molecule has 1 radical (unpaired) electrons. The molecule has 0 rings (SSSR count). The molecule has 0 aromatic carbocycles. The number of alkyl halides is 1. The van der Waals surface area contributed by atoms with Gasteiger partial charge >= 0.3 is 6.47 Å². The summed E-state index contributed by atoms with van der Waals surface area (Å²) in [6.07, 6.45) is 20.2. The van der Waals surface area contributed by atoms with E-state index in [-0.39, 0.29) is 0 Å². The third-order valence-corrected chi connectivity index (χ3v) is 4.50. The zero-order valence-electron chi connectivity index (χ0n) is 13.7. The van der Waals surface area contributed by atoms with Crippen molar-refractivity contribution in [3.63, 3.8) is 0 Å². The van der Waals surface area contributed by atoms with E-state index in [1.807, 2.05) is 0 Å². The Balaban J connectivity index is 2.91. The maximum atomic E-state index is 9.82. The van der Waals surface area contributed by atoms with Gasteiger partial charge in [0.15, 0.2) is 0 Å². The Morgan fingerprint density at radius 1 is 0.571 bits per heavy atom. The zero-order chi connectivity index (χ0) is 15.4. The van der Waals surface area contributed by atoms with Crippen LogP contribution in [0.3, 0.4) is 0 Å². The first-order chi connectivity index (χ1) is 10.4. The molecule has 21 heavy (non-hydrogen) atoms. The summed E-state index contributed by atoms with van der Waals surface area (Å²) in [6, 6.07) is 0. The van der Waals surface area contributed by atoms with Crippen molar-refractivity contribution < 1.29 is 9.53 Å². The molecule has 0 fully saturated rings. The number of halogens is 1. The third kappa shape index (κ3) is 19.9. The van der Waals surface area contributed by atoms with Gasteiger partial charge in [0.1, 0.15) is 0 Å². The Morgan fingerprint density at radius 3 is 1.24 bits per heavy atom. The minimum atomic E-state index is 0.541. The molecule has 0 saturated carbocycles. The molecule has 0 heterocycles. The number of hydrogen-bond acceptors (Lipinski definition) is 2. The summed E-state index contributed by atoms with van der Waals surface area (Å²) in [7, 11) is 0. The van der Waals surface area contributed by atoms with Gasteiger partial charge in [0, 0.05) is 5.33 Å². The van der Waals surface area contributed by atoms with E-state index in [2.05, 4.69) is 20.7 Å². The Labute approximate surface area is 140 Å². The lowest BCUT2D eigenvalue weighted by atomic mass is 10.0. The average Bonchev–Trinajstić information content (AvgIpc) is 2.50. The van der Waals surface area contributed by atoms with Gasteiger partial charge in [-0.05, 0) is 12.8 Å². The smallest absolute Gasteiger partial charge is 0.417 e. The van der Waals surface area contributed by atoms with Crippen LogP contribution in [0.1, 0.15) is 96.3 Å². The normalized spacial score (nSPS) is 10.7. The zero-order valence-corrected chi connectivity index (χ0v) is 15.3. The van der Waals surface area contributed by atoms with E-state index in [9.17, 15) is 4.79 Å². The highest BCUT2D eigenvalue weighted by Crippen LogP contribution is 2.13. The minimum Gasteiger partial charge on any atom is -0.457 e. The lowest BCUT2D eigenvalue weighted by Gasteiger charge is -2.03. The summed E-state index contributed by atoms with van der Waals surface area (Å²) in [5.41, 5.74) is 0. The van der Waals surface area contributed by atoms with Crippen LogP contribution in [0.25, 0.3) is 0 Å². The number of rotatable bonds is 18. The monoisotopic (exact) mass is 361 g/mol. The summed E-state index contributed by atoms with van der Waals surface area (Å²) in [5, 5.41) is 1.16. The van der Waals surface area contributed by atoms with Crippen molar-refractivity contribution in [2.45, 2.75) is 96.3 Å². The average molecular weight is 362 g/mol. The predicted molar refractivity (Wildman–Crippen MR) is 94.7 cm³/mol. The summed E-state index contributed by atoms with van der Waals surface area (Å²) >= 11 is 3.48. The number of ether oxygens (including phenoxy) is 1. The molecule has 0 saturated heterocycles. The lowest BCUT2D eigenvalue weighted by molar-refractivity contribution is 0.268. The van der Waals surface area contributed by atoms with Crippen LogP contribution >= 0.6 is 15.9 Å². The van der Waals surface area contributed by atoms with Gasteiger partial charge in [-0.1, -0.05) is 99.4 Å². The summed E-state index contributed by atoms with van der Waals surface area (Å²) in [6.45, 7) is 2.01. The molecule has 0 spiro atoms. The van der Waals surface area contributed by atoms with Gasteiger partial charge in [0.05, 0.1) is 6.61 Å². The van der Waals surface area contributed by atoms with E-state index in [0.29, 0.717) is 6.61 Å². The fraction of sp³-hybridized carbons (Fsp3) is 0.944. The third-order valence-electron chi connectivity index (χ3n) is 3.94. The summed E-state index contributed by atoms with van der Waals surface area (Å²) < 4.78 is 4.54. The second-order valence-corrected chi connectivity index (χ2v) is 6.72. The summed E-state index contributed by atoms with van der Waals surface area (Å²) in [4.78, 5) is 9.82. The molecule has 0 aromatic heterocycles. The first-order valence-electron chi connectivity index (χ1n) is 8.96. The second kappa shape index (κ2) is 19.9. The van der Waals surface area contributed by atoms with Gasteiger partial charge in [-0.15, -0.1) is 0 Å². The largest absolute Gasteiger partial charge is 0.457 e. The molecule has 0 bridgehead atoms. The highest BCUT2D eigenvalue weighted by molar-refractivity contribution is 9.09. The Morgan fingerprint density at radius 2 is 0.905 bits per heavy atom. The Bertz CT molecular complexity index is 198. The first kappa shape index (κ1) is 20.9. The van der Waals surface area contributed by atoms with Crippen molar-refractivity contribution >= 4 is 22.4 Å². The van der Waals surface area contributed by atoms with E-state index in [1.165, 1.54) is 96.4 Å². The molecule has 3 heteroatoms. The topological polar surface area (TPSA) is 26.3 Å². The van der Waals surface area contributed by atoms with E-state index >= 15 is 0 Å². The first-order valence-corrected chi connectivity index (χ1v) is 10.1. The van der Waals surface area contributed by atoms with Gasteiger partial charge in [-0.3, -0.25) is 0 Å². The van der Waals surface area contributed by atoms with Crippen LogP contribution in [0.4, 0.5) is 0 Å². The lowest BCUT2D eigenvalue weighted by Crippen LogP contribution is -1.91. The molecular weight excluding hydrogens is 328 g/mol. The van der Waals surface area contributed by atoms with Crippen molar-refractivity contribution in [3.8, 4) is 0 Å². The van der Waals surface area contributed by atoms with Crippen molar-refractivity contribution in [1.29, 1.82) is 0 Å². The molecule has 0 amide bonds. The van der Waals surface area contributed by atoms with Gasteiger partial charge in [0.25, 0.3) is 0 Å². The molecule has 0 aliphatic carbocycles. The Hall–Kier alpha value is -0.0500. The maximum Gasteiger partial charge on any atom is 0.417 e. The van der Waals surface area contributed by atoms with E-state index in [0.717, 1.165) is 11.8 Å². The maximum absolute atomic E-state index is 9.82. The van der Waals surface area contributed by atoms with Crippen LogP contribution in [0.2, 0.25) is 0 Å². The molecule has 0 aliphatic heterocycles. The molecule has 0 atom stereocenters. The molecule has 0 aromatic rings. The number of hydrogen-bond donors (Lipinski definition) is 0. The Kier molecular flexibility index (Phi) is 19.9. The second-order valence-electron chi connectivity index (χ2n) is 5.92. The quantitative estimate of drug-likeness (QED) is 0.211. The van der Waals surface area contributed by atoms with E-state index in [1.54, 1.807) is 0 Å². The van der Waals surface area contributed by atoms with Crippen molar-refractivity contribution in [2.75, 3.05) is 11.9 Å². The van der Waals surface area contributed by atoms with Crippen LogP contribution in [-0.2, 0) is 9.53 Å².